The fourth-order valence-corrected chi connectivity index (χ4v) is 3.51. The van der Waals surface area contributed by atoms with E-state index in [1.807, 2.05) is 24.3 Å². The Labute approximate surface area is 153 Å². The van der Waals surface area contributed by atoms with Crippen LogP contribution >= 0.6 is 0 Å². The van der Waals surface area contributed by atoms with Crippen molar-refractivity contribution in [2.24, 2.45) is 0 Å². The monoisotopic (exact) mass is 340 g/mol. The Morgan fingerprint density at radius 2 is 0.846 bits per heavy atom. The molecule has 0 aliphatic heterocycles. The number of benzene rings is 4. The minimum atomic E-state index is 0.868. The molecule has 0 radical (unpaired) electrons. The van der Waals surface area contributed by atoms with E-state index in [-0.39, 0.29) is 0 Å². The van der Waals surface area contributed by atoms with Crippen molar-refractivity contribution in [3.8, 4) is 33.8 Å². The van der Waals surface area contributed by atoms with Gasteiger partial charge in [-0.15, -0.1) is 0 Å². The van der Waals surface area contributed by atoms with Crippen LogP contribution in [0.5, 0.6) is 11.5 Å². The van der Waals surface area contributed by atoms with Crippen molar-refractivity contribution < 1.29 is 9.47 Å². The highest BCUT2D eigenvalue weighted by Crippen LogP contribution is 2.43. The Hall–Kier alpha value is -3.26. The molecule has 0 aromatic heterocycles. The van der Waals surface area contributed by atoms with Crippen LogP contribution < -0.4 is 9.47 Å². The molecule has 0 aliphatic carbocycles. The fourth-order valence-electron chi connectivity index (χ4n) is 3.51. The lowest BCUT2D eigenvalue weighted by molar-refractivity contribution is 0.416. The third kappa shape index (κ3) is 2.70. The van der Waals surface area contributed by atoms with E-state index in [9.17, 15) is 0 Å². The lowest BCUT2D eigenvalue weighted by Gasteiger charge is -2.17. The molecule has 128 valence electrons. The van der Waals surface area contributed by atoms with Gasteiger partial charge in [-0.05, 0) is 46.2 Å². The zero-order valence-electron chi connectivity index (χ0n) is 14.9. The molecule has 0 aliphatic rings. The van der Waals surface area contributed by atoms with Crippen molar-refractivity contribution in [3.05, 3.63) is 84.9 Å². The molecule has 4 rings (SSSR count). The Kier molecular flexibility index (Phi) is 4.32. The van der Waals surface area contributed by atoms with Gasteiger partial charge in [0.1, 0.15) is 11.5 Å². The van der Waals surface area contributed by atoms with E-state index >= 15 is 0 Å². The predicted molar refractivity (Wildman–Crippen MR) is 108 cm³/mol. The molecule has 4 aromatic rings. The van der Waals surface area contributed by atoms with Gasteiger partial charge in [0.25, 0.3) is 0 Å². The third-order valence-electron chi connectivity index (χ3n) is 4.69. The average Bonchev–Trinajstić information content (AvgIpc) is 2.73. The lowest BCUT2D eigenvalue weighted by Crippen LogP contribution is -1.94. The summed E-state index contributed by atoms with van der Waals surface area (Å²) < 4.78 is 11.4. The van der Waals surface area contributed by atoms with Crippen molar-refractivity contribution >= 4 is 10.8 Å². The van der Waals surface area contributed by atoms with Gasteiger partial charge in [-0.3, -0.25) is 0 Å². The van der Waals surface area contributed by atoms with Gasteiger partial charge >= 0.3 is 0 Å². The summed E-state index contributed by atoms with van der Waals surface area (Å²) in [7, 11) is 3.43. The van der Waals surface area contributed by atoms with E-state index < -0.39 is 0 Å². The van der Waals surface area contributed by atoms with E-state index in [2.05, 4.69) is 60.7 Å². The van der Waals surface area contributed by atoms with Gasteiger partial charge in [0, 0.05) is 11.1 Å². The van der Waals surface area contributed by atoms with Crippen LogP contribution in [0.15, 0.2) is 84.9 Å². The van der Waals surface area contributed by atoms with Crippen molar-refractivity contribution in [1.82, 2.24) is 0 Å². The Morgan fingerprint density at radius 3 is 1.19 bits per heavy atom. The molecule has 0 heterocycles. The SMILES string of the molecule is COc1ccc2c(-c3ccccc3)c(OC)ccc2c1-c1ccccc1. The predicted octanol–water partition coefficient (Wildman–Crippen LogP) is 6.19. The van der Waals surface area contributed by atoms with Crippen molar-refractivity contribution in [2.75, 3.05) is 14.2 Å². The first-order valence-corrected chi connectivity index (χ1v) is 8.62. The van der Waals surface area contributed by atoms with Crippen molar-refractivity contribution in [1.29, 1.82) is 0 Å². The fraction of sp³-hybridized carbons (Fsp3) is 0.0833. The number of rotatable bonds is 4. The van der Waals surface area contributed by atoms with Gasteiger partial charge in [0.15, 0.2) is 0 Å². The highest BCUT2D eigenvalue weighted by molar-refractivity contribution is 6.08. The van der Waals surface area contributed by atoms with Gasteiger partial charge in [-0.1, -0.05) is 60.7 Å². The number of hydrogen-bond donors (Lipinski definition) is 0. The summed E-state index contributed by atoms with van der Waals surface area (Å²) in [5, 5.41) is 2.30. The summed E-state index contributed by atoms with van der Waals surface area (Å²) in [4.78, 5) is 0. The van der Waals surface area contributed by atoms with Gasteiger partial charge in [-0.2, -0.15) is 0 Å². The first-order chi connectivity index (χ1) is 12.8. The number of ether oxygens (including phenoxy) is 2. The van der Waals surface area contributed by atoms with E-state index in [1.54, 1.807) is 14.2 Å². The minimum Gasteiger partial charge on any atom is -0.496 e. The summed E-state index contributed by atoms with van der Waals surface area (Å²) >= 11 is 0. The highest BCUT2D eigenvalue weighted by Gasteiger charge is 2.16. The van der Waals surface area contributed by atoms with Gasteiger partial charge in [-0.25, -0.2) is 0 Å². The number of fused-ring (bicyclic) bond motifs is 1. The molecular formula is C24H20O2. The molecule has 0 saturated heterocycles. The summed E-state index contributed by atoms with van der Waals surface area (Å²) in [6.07, 6.45) is 0. The Bertz CT molecular complexity index is 951. The summed E-state index contributed by atoms with van der Waals surface area (Å²) in [6.45, 7) is 0. The smallest absolute Gasteiger partial charge is 0.127 e. The van der Waals surface area contributed by atoms with Crippen LogP contribution in [0.3, 0.4) is 0 Å². The normalized spacial score (nSPS) is 10.7. The van der Waals surface area contributed by atoms with Crippen LogP contribution in [0.1, 0.15) is 0 Å². The maximum atomic E-state index is 5.68. The Morgan fingerprint density at radius 1 is 0.462 bits per heavy atom. The minimum absolute atomic E-state index is 0.868. The molecule has 0 fully saturated rings. The topological polar surface area (TPSA) is 18.5 Å². The first-order valence-electron chi connectivity index (χ1n) is 8.62. The van der Waals surface area contributed by atoms with Crippen LogP contribution in [0.4, 0.5) is 0 Å². The Balaban J connectivity index is 2.10. The first kappa shape index (κ1) is 16.2. The molecule has 0 amide bonds. The largest absolute Gasteiger partial charge is 0.496 e. The second kappa shape index (κ2) is 6.93. The quantitative estimate of drug-likeness (QED) is 0.441. The maximum absolute atomic E-state index is 5.68. The highest BCUT2D eigenvalue weighted by atomic mass is 16.5. The molecule has 0 unspecified atom stereocenters. The summed E-state index contributed by atoms with van der Waals surface area (Å²) in [6, 6.07) is 29.0. The molecule has 2 heteroatoms. The van der Waals surface area contributed by atoms with Gasteiger partial charge < -0.3 is 9.47 Å². The van der Waals surface area contributed by atoms with E-state index in [4.69, 9.17) is 9.47 Å². The van der Waals surface area contributed by atoms with E-state index in [0.717, 1.165) is 44.5 Å². The lowest BCUT2D eigenvalue weighted by atomic mass is 9.91. The molecule has 0 saturated carbocycles. The van der Waals surface area contributed by atoms with Crippen molar-refractivity contribution in [2.45, 2.75) is 0 Å². The second-order valence-corrected chi connectivity index (χ2v) is 6.11. The van der Waals surface area contributed by atoms with E-state index in [1.165, 1.54) is 0 Å². The second-order valence-electron chi connectivity index (χ2n) is 6.11. The molecule has 0 bridgehead atoms. The molecule has 0 atom stereocenters. The maximum Gasteiger partial charge on any atom is 0.127 e. The van der Waals surface area contributed by atoms with Gasteiger partial charge in [0.05, 0.1) is 14.2 Å². The molecule has 0 N–H and O–H groups in total. The zero-order chi connectivity index (χ0) is 17.9. The van der Waals surface area contributed by atoms with Gasteiger partial charge in [0.2, 0.25) is 0 Å². The van der Waals surface area contributed by atoms with Crippen LogP contribution in [-0.4, -0.2) is 14.2 Å². The molecule has 0 spiro atoms. The van der Waals surface area contributed by atoms with Crippen LogP contribution in [0.25, 0.3) is 33.0 Å². The van der Waals surface area contributed by atoms with E-state index in [0.29, 0.717) is 0 Å². The summed E-state index contributed by atoms with van der Waals surface area (Å²) in [5.74, 6) is 1.74. The number of hydrogen-bond acceptors (Lipinski definition) is 2. The molecular weight excluding hydrogens is 320 g/mol. The summed E-state index contributed by atoms with van der Waals surface area (Å²) in [5.41, 5.74) is 4.48. The molecule has 4 aromatic carbocycles. The molecule has 2 nitrogen and oxygen atoms in total. The van der Waals surface area contributed by atoms with Crippen LogP contribution in [-0.2, 0) is 0 Å². The standard InChI is InChI=1S/C24H20O2/c1-25-21-15-13-20-19(23(21)17-9-5-3-6-10-17)14-16-22(26-2)24(20)18-11-7-4-8-12-18/h3-16H,1-2H3. The van der Waals surface area contributed by atoms with Crippen molar-refractivity contribution in [3.63, 3.8) is 0 Å². The zero-order valence-corrected chi connectivity index (χ0v) is 14.9. The van der Waals surface area contributed by atoms with Crippen LogP contribution in [0.2, 0.25) is 0 Å². The number of methoxy groups -OCH3 is 2. The average molecular weight is 340 g/mol. The molecule has 26 heavy (non-hydrogen) atoms. The third-order valence-corrected chi connectivity index (χ3v) is 4.69. The van der Waals surface area contributed by atoms with Crippen LogP contribution in [0, 0.1) is 0 Å².